The molecule has 1 atom stereocenters. The van der Waals surface area contributed by atoms with Crippen molar-refractivity contribution in [3.63, 3.8) is 0 Å². The number of aliphatic hydroxyl groups excluding tert-OH is 1. The van der Waals surface area contributed by atoms with Crippen LogP contribution in [0.2, 0.25) is 0 Å². The smallest absolute Gasteiger partial charge is 0.346 e. The van der Waals surface area contributed by atoms with Crippen LogP contribution >= 0.6 is 0 Å². The molecule has 0 aliphatic carbocycles. The highest BCUT2D eigenvalue weighted by Crippen LogP contribution is 2.13. The number of anilines is 2. The maximum Gasteiger partial charge on any atom is 0.346 e. The molecule has 2 amide bonds. The van der Waals surface area contributed by atoms with Crippen molar-refractivity contribution >= 4 is 23.3 Å². The van der Waals surface area contributed by atoms with Gasteiger partial charge in [0.05, 0.1) is 6.61 Å². The Morgan fingerprint density at radius 1 is 1.25 bits per heavy atom. The molecule has 6 N–H and O–H groups in total. The van der Waals surface area contributed by atoms with E-state index in [4.69, 9.17) is 10.8 Å². The van der Waals surface area contributed by atoms with Crippen LogP contribution in [0.5, 0.6) is 0 Å². The third kappa shape index (κ3) is 4.24. The Morgan fingerprint density at radius 3 is 2.50 bits per heavy atom. The van der Waals surface area contributed by atoms with Crippen molar-refractivity contribution in [2.24, 2.45) is 5.73 Å². The molecule has 126 valence electrons. The Morgan fingerprint density at radius 2 is 1.92 bits per heavy atom. The van der Waals surface area contributed by atoms with E-state index in [0.29, 0.717) is 11.3 Å². The van der Waals surface area contributed by atoms with Gasteiger partial charge in [-0.05, 0) is 37.3 Å². The van der Waals surface area contributed by atoms with Crippen molar-refractivity contribution in [3.05, 3.63) is 52.6 Å². The Kier molecular flexibility index (Phi) is 5.07. The molecule has 9 heteroatoms. The highest BCUT2D eigenvalue weighted by molar-refractivity contribution is 6.04. The Labute approximate surface area is 136 Å². The molecule has 0 aliphatic rings. The lowest BCUT2D eigenvalue weighted by Crippen LogP contribution is -2.51. The van der Waals surface area contributed by atoms with Crippen molar-refractivity contribution in [3.8, 4) is 0 Å². The minimum atomic E-state index is -1.40. The first-order chi connectivity index (χ1) is 11.3. The Hall–Kier alpha value is -3.04. The van der Waals surface area contributed by atoms with Crippen LogP contribution in [0.3, 0.4) is 0 Å². The predicted octanol–water partition coefficient (Wildman–Crippen LogP) is -0.330. The number of aromatic nitrogens is 2. The molecule has 0 spiro atoms. The number of aliphatic hydroxyl groups is 1. The first-order valence-electron chi connectivity index (χ1n) is 7.00. The van der Waals surface area contributed by atoms with Crippen molar-refractivity contribution < 1.29 is 14.7 Å². The number of nitrogens with one attached hydrogen (secondary N) is 3. The largest absolute Gasteiger partial charge is 0.394 e. The van der Waals surface area contributed by atoms with Crippen LogP contribution in [0.1, 0.15) is 17.3 Å². The minimum Gasteiger partial charge on any atom is -0.394 e. The number of H-pyrrole nitrogens is 1. The van der Waals surface area contributed by atoms with Gasteiger partial charge in [0.15, 0.2) is 0 Å². The van der Waals surface area contributed by atoms with Gasteiger partial charge < -0.3 is 21.5 Å². The minimum absolute atomic E-state index is 0.222. The SMILES string of the molecule is C[C@](N)(CO)C(=O)Nc1ccc(C(=O)Nc2ccnc(=O)[nH]2)cc1. The van der Waals surface area contributed by atoms with E-state index in [1.54, 1.807) is 0 Å². The van der Waals surface area contributed by atoms with Gasteiger partial charge in [0.2, 0.25) is 5.91 Å². The quantitative estimate of drug-likeness (QED) is 0.506. The average molecular weight is 331 g/mol. The Bertz CT molecular complexity index is 798. The molecule has 9 nitrogen and oxygen atoms in total. The van der Waals surface area contributed by atoms with E-state index in [9.17, 15) is 14.4 Å². The van der Waals surface area contributed by atoms with Gasteiger partial charge in [-0.3, -0.25) is 14.6 Å². The number of amides is 2. The molecule has 0 radical (unpaired) electrons. The van der Waals surface area contributed by atoms with E-state index >= 15 is 0 Å². The van der Waals surface area contributed by atoms with Gasteiger partial charge in [0.25, 0.3) is 5.91 Å². The van der Waals surface area contributed by atoms with E-state index in [1.807, 2.05) is 0 Å². The summed E-state index contributed by atoms with van der Waals surface area (Å²) >= 11 is 0. The molecule has 1 aromatic carbocycles. The van der Waals surface area contributed by atoms with Gasteiger partial charge in [-0.2, -0.15) is 0 Å². The van der Waals surface area contributed by atoms with Gasteiger partial charge in [-0.15, -0.1) is 0 Å². The number of aromatic amines is 1. The lowest BCUT2D eigenvalue weighted by molar-refractivity contribution is -0.121. The van der Waals surface area contributed by atoms with Gasteiger partial charge in [-0.25, -0.2) is 9.78 Å². The number of nitrogens with two attached hydrogens (primary N) is 1. The first-order valence-corrected chi connectivity index (χ1v) is 7.00. The summed E-state index contributed by atoms with van der Waals surface area (Å²) in [6.45, 7) is 0.906. The second-order valence-electron chi connectivity index (χ2n) is 5.35. The predicted molar refractivity (Wildman–Crippen MR) is 87.6 cm³/mol. The summed E-state index contributed by atoms with van der Waals surface area (Å²) in [6, 6.07) is 7.49. The summed E-state index contributed by atoms with van der Waals surface area (Å²) in [5.74, 6) is -0.760. The van der Waals surface area contributed by atoms with E-state index in [0.717, 1.165) is 0 Å². The molecule has 2 rings (SSSR count). The molecule has 0 unspecified atom stereocenters. The molecular weight excluding hydrogens is 314 g/mol. The van der Waals surface area contributed by atoms with Crippen LogP contribution in [-0.2, 0) is 4.79 Å². The zero-order valence-electron chi connectivity index (χ0n) is 12.9. The van der Waals surface area contributed by atoms with E-state index in [1.165, 1.54) is 43.5 Å². The molecule has 1 heterocycles. The summed E-state index contributed by atoms with van der Waals surface area (Å²) in [5, 5.41) is 14.1. The lowest BCUT2D eigenvalue weighted by Gasteiger charge is -2.20. The highest BCUT2D eigenvalue weighted by atomic mass is 16.3. The standard InChI is InChI=1S/C15H17N5O4/c1-15(16,8-21)13(23)18-10-4-2-9(3-5-10)12(22)19-11-6-7-17-14(24)20-11/h2-7,21H,8,16H2,1H3,(H,18,23)(H2,17,19,20,22,24)/t15-/m0/s1. The van der Waals surface area contributed by atoms with Crippen molar-refractivity contribution in [1.29, 1.82) is 0 Å². The molecule has 1 aromatic heterocycles. The van der Waals surface area contributed by atoms with E-state index in [2.05, 4.69) is 20.6 Å². The van der Waals surface area contributed by atoms with Crippen LogP contribution in [-0.4, -0.2) is 39.0 Å². The number of benzene rings is 1. The molecule has 0 bridgehead atoms. The maximum atomic E-state index is 12.1. The van der Waals surface area contributed by atoms with Crippen molar-refractivity contribution in [2.75, 3.05) is 17.2 Å². The third-order valence-electron chi connectivity index (χ3n) is 3.17. The zero-order chi connectivity index (χ0) is 17.7. The number of nitrogens with zero attached hydrogens (tertiary/aromatic N) is 1. The number of carbonyl (C=O) groups excluding carboxylic acids is 2. The molecule has 0 saturated heterocycles. The summed E-state index contributed by atoms with van der Waals surface area (Å²) < 4.78 is 0. The fourth-order valence-electron chi connectivity index (χ4n) is 1.69. The summed E-state index contributed by atoms with van der Waals surface area (Å²) in [4.78, 5) is 40.8. The number of carbonyl (C=O) groups is 2. The third-order valence-corrected chi connectivity index (χ3v) is 3.17. The average Bonchev–Trinajstić information content (AvgIpc) is 2.55. The van der Waals surface area contributed by atoms with Crippen LogP contribution in [0, 0.1) is 0 Å². The first kappa shape index (κ1) is 17.3. The summed E-state index contributed by atoms with van der Waals surface area (Å²) in [5.41, 5.74) is 4.41. The fourth-order valence-corrected chi connectivity index (χ4v) is 1.69. The van der Waals surface area contributed by atoms with Crippen LogP contribution in [0.4, 0.5) is 11.5 Å². The fraction of sp³-hybridized carbons (Fsp3) is 0.200. The van der Waals surface area contributed by atoms with Crippen LogP contribution in [0.25, 0.3) is 0 Å². The topological polar surface area (TPSA) is 150 Å². The van der Waals surface area contributed by atoms with Gasteiger partial charge in [0, 0.05) is 17.4 Å². The molecule has 0 fully saturated rings. The molecular formula is C15H17N5O4. The van der Waals surface area contributed by atoms with E-state index < -0.39 is 29.6 Å². The van der Waals surface area contributed by atoms with Gasteiger partial charge in [0.1, 0.15) is 11.4 Å². The van der Waals surface area contributed by atoms with Gasteiger partial charge in [-0.1, -0.05) is 0 Å². The molecule has 24 heavy (non-hydrogen) atoms. The normalized spacial score (nSPS) is 13.0. The lowest BCUT2D eigenvalue weighted by atomic mass is 10.0. The maximum absolute atomic E-state index is 12.1. The van der Waals surface area contributed by atoms with Crippen molar-refractivity contribution in [1.82, 2.24) is 9.97 Å². The zero-order valence-corrected chi connectivity index (χ0v) is 12.9. The van der Waals surface area contributed by atoms with Gasteiger partial charge >= 0.3 is 5.69 Å². The van der Waals surface area contributed by atoms with E-state index in [-0.39, 0.29) is 5.82 Å². The molecule has 0 aliphatic heterocycles. The van der Waals surface area contributed by atoms with Crippen LogP contribution in [0.15, 0.2) is 41.3 Å². The number of hydrogen-bond acceptors (Lipinski definition) is 6. The van der Waals surface area contributed by atoms with Crippen molar-refractivity contribution in [2.45, 2.75) is 12.5 Å². The number of rotatable bonds is 5. The molecule has 2 aromatic rings. The highest BCUT2D eigenvalue weighted by Gasteiger charge is 2.27. The summed E-state index contributed by atoms with van der Waals surface area (Å²) in [7, 11) is 0. The summed E-state index contributed by atoms with van der Waals surface area (Å²) in [6.07, 6.45) is 1.28. The molecule has 0 saturated carbocycles. The monoisotopic (exact) mass is 331 g/mol. The second-order valence-corrected chi connectivity index (χ2v) is 5.35. The second kappa shape index (κ2) is 7.02. The number of hydrogen-bond donors (Lipinski definition) is 5. The van der Waals surface area contributed by atoms with Crippen LogP contribution < -0.4 is 22.1 Å². The Balaban J connectivity index is 2.05.